The summed E-state index contributed by atoms with van der Waals surface area (Å²) < 4.78 is 0. The molecule has 1 heterocycles. The van der Waals surface area contributed by atoms with Crippen LogP contribution in [0.25, 0.3) is 5.57 Å². The van der Waals surface area contributed by atoms with Gasteiger partial charge in [-0.2, -0.15) is 5.26 Å². The maximum atomic E-state index is 12.8. The van der Waals surface area contributed by atoms with Gasteiger partial charge < -0.3 is 15.3 Å². The van der Waals surface area contributed by atoms with Crippen molar-refractivity contribution in [2.75, 3.05) is 13.1 Å². The van der Waals surface area contributed by atoms with Crippen molar-refractivity contribution in [3.05, 3.63) is 112 Å². The fourth-order valence-electron chi connectivity index (χ4n) is 4.68. The van der Waals surface area contributed by atoms with Crippen molar-refractivity contribution in [3.63, 3.8) is 0 Å². The van der Waals surface area contributed by atoms with E-state index < -0.39 is 17.9 Å². The average Bonchev–Trinajstić information content (AvgIpc) is 2.92. The van der Waals surface area contributed by atoms with E-state index >= 15 is 0 Å². The zero-order valence-corrected chi connectivity index (χ0v) is 21.4. The average molecular weight is 508 g/mol. The molecule has 0 bridgehead atoms. The summed E-state index contributed by atoms with van der Waals surface area (Å²) in [5, 5.41) is 21.3. The van der Waals surface area contributed by atoms with E-state index in [2.05, 4.69) is 11.4 Å². The normalized spacial score (nSPS) is 13.7. The number of carbonyl (C=O) groups excluding carboxylic acids is 2. The molecule has 4 rings (SSSR count). The fourth-order valence-corrected chi connectivity index (χ4v) is 4.68. The highest BCUT2D eigenvalue weighted by Crippen LogP contribution is 2.24. The Hall–Kier alpha value is -4.70. The van der Waals surface area contributed by atoms with Gasteiger partial charge in [-0.15, -0.1) is 0 Å². The molecule has 1 aliphatic heterocycles. The van der Waals surface area contributed by atoms with Crippen LogP contribution in [0.2, 0.25) is 0 Å². The molecule has 1 aliphatic rings. The van der Waals surface area contributed by atoms with Crippen LogP contribution in [0, 0.1) is 25.2 Å². The van der Waals surface area contributed by atoms with E-state index in [9.17, 15) is 19.5 Å². The van der Waals surface area contributed by atoms with Crippen molar-refractivity contribution in [2.24, 2.45) is 0 Å². The van der Waals surface area contributed by atoms with Gasteiger partial charge in [-0.25, -0.2) is 4.79 Å². The molecule has 3 aromatic rings. The van der Waals surface area contributed by atoms with Crippen LogP contribution >= 0.6 is 0 Å². The van der Waals surface area contributed by atoms with E-state index in [1.165, 1.54) is 0 Å². The van der Waals surface area contributed by atoms with Gasteiger partial charge >= 0.3 is 5.97 Å². The highest BCUT2D eigenvalue weighted by atomic mass is 16.4. The van der Waals surface area contributed by atoms with E-state index in [0.717, 1.165) is 27.8 Å². The van der Waals surface area contributed by atoms with Crippen LogP contribution in [-0.2, 0) is 11.2 Å². The number of hydrogen-bond acceptors (Lipinski definition) is 4. The minimum atomic E-state index is -1.09. The number of nitrogens with one attached hydrogen (secondary N) is 1. The first-order chi connectivity index (χ1) is 18.3. The van der Waals surface area contributed by atoms with Crippen molar-refractivity contribution in [1.82, 2.24) is 10.2 Å². The summed E-state index contributed by atoms with van der Waals surface area (Å²) >= 11 is 0. The van der Waals surface area contributed by atoms with E-state index in [4.69, 9.17) is 5.26 Å². The molecule has 0 aliphatic carbocycles. The van der Waals surface area contributed by atoms with Gasteiger partial charge in [-0.05, 0) is 72.4 Å². The topological polar surface area (TPSA) is 111 Å². The van der Waals surface area contributed by atoms with Gasteiger partial charge in [0.05, 0.1) is 11.6 Å². The first kappa shape index (κ1) is 26.4. The second-order valence-corrected chi connectivity index (χ2v) is 9.45. The number of carbonyl (C=O) groups is 3. The standard InChI is InChI=1S/C31H29N3O4/c1-20-4-3-5-21(2)28(20)29(35)33-27(31(37)38)18-22-6-10-24(11-7-22)25-14-16-34(17-15-25)30(36)26-12-8-23(19-32)9-13-26/h3-14,27H,15-18H2,1-2H3,(H,33,35)(H,37,38)/t27-/m0/s1. The number of benzene rings is 3. The largest absolute Gasteiger partial charge is 0.480 e. The molecule has 3 aromatic carbocycles. The Morgan fingerprint density at radius 3 is 2.21 bits per heavy atom. The molecule has 192 valence electrons. The number of rotatable bonds is 7. The lowest BCUT2D eigenvalue weighted by Gasteiger charge is -2.27. The Bertz CT molecular complexity index is 1410. The predicted molar refractivity (Wildman–Crippen MR) is 145 cm³/mol. The van der Waals surface area contributed by atoms with E-state index in [0.29, 0.717) is 36.2 Å². The Labute approximate surface area is 222 Å². The van der Waals surface area contributed by atoms with Crippen LogP contribution in [0.4, 0.5) is 0 Å². The number of carboxylic acids is 1. The summed E-state index contributed by atoms with van der Waals surface area (Å²) in [6.07, 6.45) is 2.90. The van der Waals surface area contributed by atoms with Gasteiger partial charge in [-0.3, -0.25) is 9.59 Å². The summed E-state index contributed by atoms with van der Waals surface area (Å²) in [6.45, 7) is 4.73. The van der Waals surface area contributed by atoms with Crippen LogP contribution < -0.4 is 5.32 Å². The zero-order valence-electron chi connectivity index (χ0n) is 21.4. The molecule has 0 fully saturated rings. The first-order valence-electron chi connectivity index (χ1n) is 12.4. The molecular formula is C31H29N3O4. The number of nitriles is 1. The number of amides is 2. The number of aliphatic carboxylic acids is 1. The van der Waals surface area contributed by atoms with Crippen LogP contribution in [-0.4, -0.2) is 46.9 Å². The molecule has 0 saturated carbocycles. The third kappa shape index (κ3) is 5.98. The van der Waals surface area contributed by atoms with Crippen LogP contribution in [0.5, 0.6) is 0 Å². The highest BCUT2D eigenvalue weighted by Gasteiger charge is 2.23. The number of carboxylic acid groups (broad SMARTS) is 1. The molecule has 0 spiro atoms. The molecule has 2 amide bonds. The van der Waals surface area contributed by atoms with E-state index in [-0.39, 0.29) is 12.3 Å². The molecule has 0 saturated heterocycles. The molecule has 0 unspecified atom stereocenters. The van der Waals surface area contributed by atoms with Crippen molar-refractivity contribution >= 4 is 23.4 Å². The summed E-state index contributed by atoms with van der Waals surface area (Å²) in [4.78, 5) is 39.3. The number of aryl methyl sites for hydroxylation is 2. The lowest BCUT2D eigenvalue weighted by Crippen LogP contribution is -2.42. The van der Waals surface area contributed by atoms with Crippen molar-refractivity contribution < 1.29 is 19.5 Å². The Morgan fingerprint density at radius 2 is 1.66 bits per heavy atom. The van der Waals surface area contributed by atoms with Crippen LogP contribution in [0.15, 0.2) is 72.8 Å². The van der Waals surface area contributed by atoms with Crippen LogP contribution in [0.3, 0.4) is 0 Å². The van der Waals surface area contributed by atoms with Crippen molar-refractivity contribution in [1.29, 1.82) is 5.26 Å². The minimum Gasteiger partial charge on any atom is -0.480 e. The Morgan fingerprint density at radius 1 is 1.00 bits per heavy atom. The predicted octanol–water partition coefficient (Wildman–Crippen LogP) is 4.53. The first-order valence-corrected chi connectivity index (χ1v) is 12.4. The quantitative estimate of drug-likeness (QED) is 0.488. The monoisotopic (exact) mass is 507 g/mol. The van der Waals surface area contributed by atoms with Crippen LogP contribution in [0.1, 0.15) is 55.0 Å². The molecule has 1 atom stereocenters. The Balaban J connectivity index is 1.39. The van der Waals surface area contributed by atoms with Gasteiger partial charge in [0.25, 0.3) is 11.8 Å². The van der Waals surface area contributed by atoms with Gasteiger partial charge in [0, 0.05) is 30.6 Å². The summed E-state index contributed by atoms with van der Waals surface area (Å²) in [5.74, 6) is -1.55. The summed E-state index contributed by atoms with van der Waals surface area (Å²) in [5.41, 5.74) is 6.13. The van der Waals surface area contributed by atoms with E-state index in [1.54, 1.807) is 29.2 Å². The third-order valence-electron chi connectivity index (χ3n) is 6.83. The molecule has 7 nitrogen and oxygen atoms in total. The third-order valence-corrected chi connectivity index (χ3v) is 6.83. The minimum absolute atomic E-state index is 0.0669. The number of nitrogens with zero attached hydrogens (tertiary/aromatic N) is 2. The second kappa shape index (κ2) is 11.6. The van der Waals surface area contributed by atoms with Gasteiger partial charge in [0.15, 0.2) is 0 Å². The maximum Gasteiger partial charge on any atom is 0.326 e. The lowest BCUT2D eigenvalue weighted by molar-refractivity contribution is -0.139. The lowest BCUT2D eigenvalue weighted by atomic mass is 9.96. The van der Waals surface area contributed by atoms with Gasteiger partial charge in [0.1, 0.15) is 6.04 Å². The van der Waals surface area contributed by atoms with Gasteiger partial charge in [0.2, 0.25) is 0 Å². The van der Waals surface area contributed by atoms with Crippen molar-refractivity contribution in [2.45, 2.75) is 32.7 Å². The molecule has 0 radical (unpaired) electrons. The van der Waals surface area contributed by atoms with Gasteiger partial charge in [-0.1, -0.05) is 48.5 Å². The second-order valence-electron chi connectivity index (χ2n) is 9.45. The number of hydrogen-bond donors (Lipinski definition) is 2. The van der Waals surface area contributed by atoms with Crippen molar-refractivity contribution in [3.8, 4) is 6.07 Å². The van der Waals surface area contributed by atoms with E-state index in [1.807, 2.05) is 62.4 Å². The summed E-state index contributed by atoms with van der Waals surface area (Å²) in [7, 11) is 0. The maximum absolute atomic E-state index is 12.8. The summed E-state index contributed by atoms with van der Waals surface area (Å²) in [6, 6.07) is 20.8. The molecule has 0 aromatic heterocycles. The molecule has 7 heteroatoms. The smallest absolute Gasteiger partial charge is 0.326 e. The fraction of sp³-hybridized carbons (Fsp3) is 0.226. The Kier molecular flexibility index (Phi) is 8.03. The molecule has 2 N–H and O–H groups in total. The highest BCUT2D eigenvalue weighted by molar-refractivity contribution is 5.99. The molecule has 38 heavy (non-hydrogen) atoms. The zero-order chi connectivity index (χ0) is 27.2. The SMILES string of the molecule is Cc1cccc(C)c1C(=O)N[C@@H](Cc1ccc(C2=CCN(C(=O)c3ccc(C#N)cc3)CC2)cc1)C(=O)O. The molecular weight excluding hydrogens is 478 g/mol.